The van der Waals surface area contributed by atoms with Crippen molar-refractivity contribution in [1.29, 1.82) is 0 Å². The molecule has 0 unspecified atom stereocenters. The summed E-state index contributed by atoms with van der Waals surface area (Å²) >= 11 is 1.20. The third kappa shape index (κ3) is 2.15. The van der Waals surface area contributed by atoms with Gasteiger partial charge in [0.25, 0.3) is 0 Å². The molecule has 7 heteroatoms. The van der Waals surface area contributed by atoms with Gasteiger partial charge in [0, 0.05) is 20.3 Å². The van der Waals surface area contributed by atoms with E-state index in [1.165, 1.54) is 11.3 Å². The number of imidazole rings is 1. The van der Waals surface area contributed by atoms with E-state index in [4.69, 9.17) is 5.73 Å². The minimum atomic E-state index is -0.119. The summed E-state index contributed by atoms with van der Waals surface area (Å²) in [6.45, 7) is 1.96. The second-order valence-electron chi connectivity index (χ2n) is 4.96. The molecule has 0 saturated carbocycles. The van der Waals surface area contributed by atoms with Crippen molar-refractivity contribution in [1.82, 2.24) is 14.4 Å². The maximum Gasteiger partial charge on any atom is 0.225 e. The van der Waals surface area contributed by atoms with Crippen molar-refractivity contribution >= 4 is 33.7 Å². The number of thiazole rings is 1. The molecule has 0 aliphatic rings. The Morgan fingerprint density at radius 3 is 2.90 bits per heavy atom. The first kappa shape index (κ1) is 13.6. The molecule has 0 amide bonds. The lowest BCUT2D eigenvalue weighted by atomic mass is 10.2. The first-order valence-corrected chi connectivity index (χ1v) is 7.21. The summed E-state index contributed by atoms with van der Waals surface area (Å²) < 4.78 is 1.80. The number of fused-ring (bicyclic) bond motifs is 1. The largest absolute Gasteiger partial charge is 0.375 e. The fraction of sp³-hybridized carbons (Fsp3) is 0.214. The second kappa shape index (κ2) is 4.85. The van der Waals surface area contributed by atoms with E-state index in [0.29, 0.717) is 21.5 Å². The predicted molar refractivity (Wildman–Crippen MR) is 84.2 cm³/mol. The van der Waals surface area contributed by atoms with E-state index in [1.54, 1.807) is 15.5 Å². The van der Waals surface area contributed by atoms with Gasteiger partial charge in [0.05, 0.1) is 6.20 Å². The number of pyridine rings is 1. The zero-order valence-electron chi connectivity index (χ0n) is 12.0. The Morgan fingerprint density at radius 1 is 1.43 bits per heavy atom. The number of carbonyl (C=O) groups is 1. The van der Waals surface area contributed by atoms with Gasteiger partial charge in [-0.2, -0.15) is 0 Å². The summed E-state index contributed by atoms with van der Waals surface area (Å²) in [6.07, 6.45) is 3.43. The zero-order valence-corrected chi connectivity index (χ0v) is 12.8. The number of anilines is 2. The van der Waals surface area contributed by atoms with Gasteiger partial charge in [0.2, 0.25) is 5.78 Å². The summed E-state index contributed by atoms with van der Waals surface area (Å²) in [5.74, 6) is 0.469. The standard InChI is InChI=1S/C14H15N5OS/c1-8-5-4-6-19-9(7-16-12(8)19)10(20)11-13(18(2)3)17-14(15)21-11/h4-7H,1-3H3,(H2,15,17). The molecule has 21 heavy (non-hydrogen) atoms. The smallest absolute Gasteiger partial charge is 0.225 e. The number of nitrogens with two attached hydrogens (primary N) is 1. The minimum Gasteiger partial charge on any atom is -0.375 e. The van der Waals surface area contributed by atoms with Crippen molar-refractivity contribution < 1.29 is 4.79 Å². The first-order chi connectivity index (χ1) is 9.99. The fourth-order valence-corrected chi connectivity index (χ4v) is 3.07. The van der Waals surface area contributed by atoms with Crippen molar-refractivity contribution in [3.05, 3.63) is 40.7 Å². The molecule has 3 aromatic heterocycles. The molecule has 2 N–H and O–H groups in total. The molecule has 0 aromatic carbocycles. The highest BCUT2D eigenvalue weighted by Gasteiger charge is 2.23. The van der Waals surface area contributed by atoms with Crippen LogP contribution in [-0.4, -0.2) is 34.2 Å². The Morgan fingerprint density at radius 2 is 2.19 bits per heavy atom. The first-order valence-electron chi connectivity index (χ1n) is 6.40. The van der Waals surface area contributed by atoms with E-state index >= 15 is 0 Å². The molecule has 0 fully saturated rings. The average Bonchev–Trinajstić information content (AvgIpc) is 3.02. The maximum atomic E-state index is 12.8. The molecular formula is C14H15N5OS. The summed E-state index contributed by atoms with van der Waals surface area (Å²) in [5, 5.41) is 0.382. The predicted octanol–water partition coefficient (Wildman–Crippen LogP) is 1.98. The van der Waals surface area contributed by atoms with Crippen molar-refractivity contribution in [3.8, 4) is 0 Å². The lowest BCUT2D eigenvalue weighted by Crippen LogP contribution is -2.14. The number of rotatable bonds is 3. The van der Waals surface area contributed by atoms with E-state index < -0.39 is 0 Å². The van der Waals surface area contributed by atoms with Crippen molar-refractivity contribution in [2.75, 3.05) is 24.7 Å². The van der Waals surface area contributed by atoms with Crippen LogP contribution in [0.2, 0.25) is 0 Å². The van der Waals surface area contributed by atoms with E-state index in [-0.39, 0.29) is 5.78 Å². The van der Waals surface area contributed by atoms with Gasteiger partial charge in [-0.3, -0.25) is 9.20 Å². The normalized spacial score (nSPS) is 11.0. The van der Waals surface area contributed by atoms with Gasteiger partial charge in [0.1, 0.15) is 16.2 Å². The van der Waals surface area contributed by atoms with Crippen LogP contribution in [0.15, 0.2) is 24.5 Å². The summed E-state index contributed by atoms with van der Waals surface area (Å²) in [7, 11) is 3.67. The van der Waals surface area contributed by atoms with E-state index in [1.807, 2.05) is 39.3 Å². The van der Waals surface area contributed by atoms with Gasteiger partial charge in [-0.1, -0.05) is 17.4 Å². The lowest BCUT2D eigenvalue weighted by molar-refractivity contribution is 0.103. The van der Waals surface area contributed by atoms with Crippen LogP contribution in [0, 0.1) is 6.92 Å². The fourth-order valence-electron chi connectivity index (χ4n) is 2.21. The van der Waals surface area contributed by atoms with Crippen molar-refractivity contribution in [3.63, 3.8) is 0 Å². The Balaban J connectivity index is 2.15. The Labute approximate surface area is 125 Å². The monoisotopic (exact) mass is 301 g/mol. The van der Waals surface area contributed by atoms with E-state index in [9.17, 15) is 4.79 Å². The minimum absolute atomic E-state index is 0.119. The number of ketones is 1. The van der Waals surface area contributed by atoms with Gasteiger partial charge in [-0.15, -0.1) is 0 Å². The van der Waals surface area contributed by atoms with Gasteiger partial charge < -0.3 is 10.6 Å². The molecule has 0 aliphatic heterocycles. The molecule has 0 atom stereocenters. The summed E-state index contributed by atoms with van der Waals surface area (Å²) in [5.41, 5.74) is 8.07. The van der Waals surface area contributed by atoms with Crippen LogP contribution < -0.4 is 10.6 Å². The highest BCUT2D eigenvalue weighted by atomic mass is 32.1. The van der Waals surface area contributed by atoms with Crippen LogP contribution in [0.25, 0.3) is 5.65 Å². The second-order valence-corrected chi connectivity index (χ2v) is 5.99. The summed E-state index contributed by atoms with van der Waals surface area (Å²) in [6, 6.07) is 3.86. The molecule has 0 saturated heterocycles. The maximum absolute atomic E-state index is 12.8. The molecule has 108 valence electrons. The average molecular weight is 301 g/mol. The van der Waals surface area contributed by atoms with Crippen LogP contribution in [0.4, 0.5) is 10.9 Å². The van der Waals surface area contributed by atoms with E-state index in [2.05, 4.69) is 9.97 Å². The topological polar surface area (TPSA) is 76.5 Å². The molecule has 0 spiro atoms. The quantitative estimate of drug-likeness (QED) is 0.749. The molecule has 3 heterocycles. The van der Waals surface area contributed by atoms with Crippen LogP contribution in [0.1, 0.15) is 20.9 Å². The molecule has 0 bridgehead atoms. The van der Waals surface area contributed by atoms with Gasteiger partial charge in [-0.05, 0) is 18.6 Å². The number of carbonyl (C=O) groups excluding carboxylic acids is 1. The molecule has 6 nitrogen and oxygen atoms in total. The van der Waals surface area contributed by atoms with Crippen LogP contribution >= 0.6 is 11.3 Å². The van der Waals surface area contributed by atoms with Crippen molar-refractivity contribution in [2.24, 2.45) is 0 Å². The summed E-state index contributed by atoms with van der Waals surface area (Å²) in [4.78, 5) is 23.7. The van der Waals surface area contributed by atoms with Gasteiger partial charge in [0.15, 0.2) is 10.9 Å². The number of nitrogens with zero attached hydrogens (tertiary/aromatic N) is 4. The van der Waals surface area contributed by atoms with Crippen LogP contribution in [0.3, 0.4) is 0 Å². The zero-order chi connectivity index (χ0) is 15.1. The number of aryl methyl sites for hydroxylation is 1. The highest BCUT2D eigenvalue weighted by Crippen LogP contribution is 2.29. The molecule has 3 aromatic rings. The Kier molecular flexibility index (Phi) is 3.13. The Hall–Kier alpha value is -2.41. The Bertz CT molecular complexity index is 833. The number of hydrogen-bond donors (Lipinski definition) is 1. The lowest BCUT2D eigenvalue weighted by Gasteiger charge is -2.10. The SMILES string of the molecule is Cc1cccn2c(C(=O)c3sc(N)nc3N(C)C)cnc12. The third-order valence-electron chi connectivity index (χ3n) is 3.22. The van der Waals surface area contributed by atoms with Crippen molar-refractivity contribution in [2.45, 2.75) is 6.92 Å². The van der Waals surface area contributed by atoms with Gasteiger partial charge >= 0.3 is 0 Å². The number of aromatic nitrogens is 3. The van der Waals surface area contributed by atoms with E-state index in [0.717, 1.165) is 11.2 Å². The molecule has 0 aliphatic carbocycles. The van der Waals surface area contributed by atoms with Crippen LogP contribution in [-0.2, 0) is 0 Å². The number of hydrogen-bond acceptors (Lipinski definition) is 6. The van der Waals surface area contributed by atoms with Crippen LogP contribution in [0.5, 0.6) is 0 Å². The highest BCUT2D eigenvalue weighted by molar-refractivity contribution is 7.18. The van der Waals surface area contributed by atoms with Gasteiger partial charge in [-0.25, -0.2) is 9.97 Å². The third-order valence-corrected chi connectivity index (χ3v) is 4.09. The molecule has 0 radical (unpaired) electrons. The molecule has 3 rings (SSSR count). The molecular weight excluding hydrogens is 286 g/mol. The number of nitrogen functional groups attached to an aromatic ring is 1.